The van der Waals surface area contributed by atoms with E-state index in [-0.39, 0.29) is 47.8 Å². The molecule has 228 valence electrons. The first-order valence-corrected chi connectivity index (χ1v) is 15.9. The van der Waals surface area contributed by atoms with E-state index in [4.69, 9.17) is 9.73 Å². The van der Waals surface area contributed by atoms with Gasteiger partial charge in [-0.3, -0.25) is 14.6 Å². The van der Waals surface area contributed by atoms with Crippen molar-refractivity contribution < 1.29 is 18.7 Å². The molecular weight excluding hydrogens is 533 g/mol. The number of amides is 2. The predicted octanol–water partition coefficient (Wildman–Crippen LogP) is 5.35. The van der Waals surface area contributed by atoms with Crippen molar-refractivity contribution in [2.75, 3.05) is 26.2 Å². The van der Waals surface area contributed by atoms with E-state index in [1.807, 2.05) is 20.1 Å². The van der Waals surface area contributed by atoms with Gasteiger partial charge in [-0.05, 0) is 109 Å². The van der Waals surface area contributed by atoms with Gasteiger partial charge in [-0.2, -0.15) is 4.99 Å². The van der Waals surface area contributed by atoms with Crippen LogP contribution in [0.1, 0.15) is 88.4 Å². The molecule has 0 radical (unpaired) electrons. The fraction of sp³-hybridized carbons (Fsp3) is 0.636. The molecule has 0 bridgehead atoms. The summed E-state index contributed by atoms with van der Waals surface area (Å²) in [5.41, 5.74) is 1.48. The molecule has 2 saturated heterocycles. The lowest BCUT2D eigenvalue weighted by Gasteiger charge is -2.41. The zero-order valence-corrected chi connectivity index (χ0v) is 25.1. The Morgan fingerprint density at radius 1 is 1.05 bits per heavy atom. The van der Waals surface area contributed by atoms with Crippen LogP contribution < -0.4 is 5.32 Å². The summed E-state index contributed by atoms with van der Waals surface area (Å²) in [4.78, 5) is 40.2. The van der Waals surface area contributed by atoms with Crippen LogP contribution >= 0.6 is 0 Å². The number of piperidine rings is 1. The Bertz CT molecular complexity index is 1170. The summed E-state index contributed by atoms with van der Waals surface area (Å²) in [5, 5.41) is 3.07. The van der Waals surface area contributed by atoms with Gasteiger partial charge in [-0.25, -0.2) is 4.39 Å². The Morgan fingerprint density at radius 2 is 1.79 bits per heavy atom. The third-order valence-corrected chi connectivity index (χ3v) is 8.91. The molecule has 5 rings (SSSR count). The number of carbonyl (C=O) groups is 2. The topological polar surface area (TPSA) is 86.6 Å². The molecule has 9 heteroatoms. The summed E-state index contributed by atoms with van der Waals surface area (Å²) in [6, 6.07) is 5.82. The van der Waals surface area contributed by atoms with Crippen molar-refractivity contribution in [2.45, 2.75) is 96.4 Å². The van der Waals surface area contributed by atoms with Gasteiger partial charge < -0.3 is 19.9 Å². The van der Waals surface area contributed by atoms with E-state index in [9.17, 15) is 14.0 Å². The summed E-state index contributed by atoms with van der Waals surface area (Å²) < 4.78 is 19.8. The van der Waals surface area contributed by atoms with Crippen molar-refractivity contribution in [1.29, 1.82) is 0 Å². The Kier molecular flexibility index (Phi) is 10.6. The Hall–Kier alpha value is -2.91. The smallest absolute Gasteiger partial charge is 0.278 e. The molecule has 3 heterocycles. The van der Waals surface area contributed by atoms with E-state index in [0.717, 1.165) is 69.7 Å². The van der Waals surface area contributed by atoms with Crippen LogP contribution in [0.15, 0.2) is 46.0 Å². The second-order valence-electron chi connectivity index (χ2n) is 12.4. The third kappa shape index (κ3) is 7.92. The average Bonchev–Trinajstić information content (AvgIpc) is 3.16. The number of nitrogens with one attached hydrogen (secondary N) is 1. The van der Waals surface area contributed by atoms with Crippen LogP contribution in [-0.4, -0.2) is 78.2 Å². The van der Waals surface area contributed by atoms with Crippen molar-refractivity contribution in [2.24, 2.45) is 21.8 Å². The maximum Gasteiger partial charge on any atom is 0.278 e. The molecule has 4 aliphatic rings. The molecule has 42 heavy (non-hydrogen) atoms. The van der Waals surface area contributed by atoms with Crippen molar-refractivity contribution in [3.63, 3.8) is 0 Å². The number of allylic oxidation sites excluding steroid dienone is 1. The highest BCUT2D eigenvalue weighted by molar-refractivity contribution is 6.04. The van der Waals surface area contributed by atoms with Crippen LogP contribution in [0.5, 0.6) is 0 Å². The van der Waals surface area contributed by atoms with Gasteiger partial charge in [0, 0.05) is 54.4 Å². The first-order chi connectivity index (χ1) is 20.4. The number of carbonyl (C=O) groups excluding carboxylic acids is 2. The molecule has 1 N–H and O–H groups in total. The third-order valence-electron chi connectivity index (χ3n) is 8.91. The van der Waals surface area contributed by atoms with Gasteiger partial charge in [0.1, 0.15) is 11.7 Å². The number of rotatable bonds is 8. The average molecular weight is 580 g/mol. The normalized spacial score (nSPS) is 27.9. The minimum Gasteiger partial charge on any atom is -0.354 e. The van der Waals surface area contributed by atoms with Crippen molar-refractivity contribution >= 4 is 23.9 Å². The van der Waals surface area contributed by atoms with Crippen molar-refractivity contribution in [3.05, 3.63) is 47.4 Å². The largest absolute Gasteiger partial charge is 0.354 e. The Balaban J connectivity index is 1.37. The van der Waals surface area contributed by atoms with E-state index in [0.29, 0.717) is 18.6 Å². The summed E-state index contributed by atoms with van der Waals surface area (Å²) >= 11 is 0. The predicted molar refractivity (Wildman–Crippen MR) is 163 cm³/mol. The number of amidine groups is 1. The lowest BCUT2D eigenvalue weighted by atomic mass is 9.83. The lowest BCUT2D eigenvalue weighted by Crippen LogP contribution is -2.46. The molecule has 1 aromatic rings. The molecular formula is C33H46FN5O3. The van der Waals surface area contributed by atoms with Crippen LogP contribution in [0.4, 0.5) is 4.39 Å². The van der Waals surface area contributed by atoms with Crippen LogP contribution in [0.2, 0.25) is 0 Å². The van der Waals surface area contributed by atoms with Crippen LogP contribution in [0, 0.1) is 17.7 Å². The molecule has 1 aliphatic carbocycles. The highest BCUT2D eigenvalue weighted by Crippen LogP contribution is 2.37. The molecule has 2 amide bonds. The number of halogens is 1. The van der Waals surface area contributed by atoms with E-state index in [1.54, 1.807) is 0 Å². The number of fused-ring (bicyclic) bond motifs is 1. The van der Waals surface area contributed by atoms with Gasteiger partial charge in [0.25, 0.3) is 5.91 Å². The maximum absolute atomic E-state index is 13.5. The Morgan fingerprint density at radius 3 is 2.50 bits per heavy atom. The molecule has 3 aliphatic heterocycles. The molecule has 0 aromatic heterocycles. The second kappa shape index (κ2) is 14.5. The van der Waals surface area contributed by atoms with Crippen molar-refractivity contribution in [3.8, 4) is 0 Å². The van der Waals surface area contributed by atoms with Crippen LogP contribution in [-0.2, 0) is 9.53 Å². The minimum atomic E-state index is -0.380. The van der Waals surface area contributed by atoms with E-state index >= 15 is 0 Å². The SMILES string of the molecule is CC(C)NC(=O)C1CCC(N2C3=CC(OCCN4CCCCC4)N=CC3CCCC2=NC(=O)c2ccc(F)cc2)CC1. The molecule has 3 fully saturated rings. The second-order valence-corrected chi connectivity index (χ2v) is 12.4. The molecule has 2 unspecified atom stereocenters. The van der Waals surface area contributed by atoms with E-state index in [1.165, 1.54) is 43.5 Å². The summed E-state index contributed by atoms with van der Waals surface area (Å²) in [5.74, 6) is 0.259. The van der Waals surface area contributed by atoms with Crippen molar-refractivity contribution in [1.82, 2.24) is 15.1 Å². The van der Waals surface area contributed by atoms with Gasteiger partial charge in [0.2, 0.25) is 5.91 Å². The zero-order valence-electron chi connectivity index (χ0n) is 25.1. The van der Waals surface area contributed by atoms with Gasteiger partial charge in [0.05, 0.1) is 6.61 Å². The number of aliphatic imine (C=N–C) groups is 2. The van der Waals surface area contributed by atoms with Gasteiger partial charge in [0.15, 0.2) is 6.23 Å². The highest BCUT2D eigenvalue weighted by Gasteiger charge is 2.37. The fourth-order valence-electron chi connectivity index (χ4n) is 6.69. The standard InChI is InChI=1S/C33H46FN5O3/c1-23(2)36-32(40)25-11-15-28(16-12-25)39-29-21-31(42-20-19-38-17-4-3-5-18-38)35-22-26(29)7-6-8-30(39)37-33(41)24-9-13-27(34)14-10-24/h9-10,13-14,21-23,25-26,28,31H,3-8,11-12,15-20H2,1-2H3,(H,36,40). The summed E-state index contributed by atoms with van der Waals surface area (Å²) in [6.45, 7) is 7.77. The number of dihydropyridines is 1. The van der Waals surface area contributed by atoms with Gasteiger partial charge >= 0.3 is 0 Å². The highest BCUT2D eigenvalue weighted by atomic mass is 19.1. The number of ether oxygens (including phenoxy) is 1. The monoisotopic (exact) mass is 579 g/mol. The number of hydrogen-bond acceptors (Lipinski definition) is 5. The van der Waals surface area contributed by atoms with Gasteiger partial charge in [-0.1, -0.05) is 6.42 Å². The lowest BCUT2D eigenvalue weighted by molar-refractivity contribution is -0.126. The zero-order chi connectivity index (χ0) is 29.5. The van der Waals surface area contributed by atoms with E-state index in [2.05, 4.69) is 26.2 Å². The van der Waals surface area contributed by atoms with Gasteiger partial charge in [-0.15, -0.1) is 0 Å². The quantitative estimate of drug-likeness (QED) is 0.449. The van der Waals surface area contributed by atoms with E-state index < -0.39 is 0 Å². The minimum absolute atomic E-state index is 0.000396. The first-order valence-electron chi connectivity index (χ1n) is 15.9. The molecule has 2 atom stereocenters. The number of benzene rings is 1. The summed E-state index contributed by atoms with van der Waals surface area (Å²) in [6.07, 6.45) is 13.3. The molecule has 0 spiro atoms. The Labute approximate surface area is 249 Å². The molecule has 1 saturated carbocycles. The number of hydrogen-bond donors (Lipinski definition) is 1. The molecule has 8 nitrogen and oxygen atoms in total. The fourth-order valence-corrected chi connectivity index (χ4v) is 6.69. The number of nitrogens with zero attached hydrogens (tertiary/aromatic N) is 4. The first kappa shape index (κ1) is 30.5. The molecule has 1 aromatic carbocycles. The summed E-state index contributed by atoms with van der Waals surface area (Å²) in [7, 11) is 0. The number of likely N-dealkylation sites (tertiary alicyclic amines) is 2. The van der Waals surface area contributed by atoms with Crippen LogP contribution in [0.25, 0.3) is 0 Å². The van der Waals surface area contributed by atoms with Crippen LogP contribution in [0.3, 0.4) is 0 Å². The maximum atomic E-state index is 13.5.